The molecule has 0 aliphatic rings. The number of nitrogens with zero attached hydrogens (tertiary/aromatic N) is 2. The van der Waals surface area contributed by atoms with E-state index in [1.54, 1.807) is 0 Å². The van der Waals surface area contributed by atoms with Crippen LogP contribution in [0.5, 0.6) is 0 Å². The number of aromatic nitrogens is 2. The fourth-order valence-corrected chi connectivity index (χ4v) is 2.71. The summed E-state index contributed by atoms with van der Waals surface area (Å²) >= 11 is 5.94. The first-order chi connectivity index (χ1) is 10.2. The second-order valence-corrected chi connectivity index (χ2v) is 5.72. The van der Waals surface area contributed by atoms with Crippen molar-refractivity contribution in [2.24, 2.45) is 5.73 Å². The lowest BCUT2D eigenvalue weighted by molar-refractivity contribution is 0.880. The van der Waals surface area contributed by atoms with Crippen molar-refractivity contribution in [3.63, 3.8) is 0 Å². The second-order valence-electron chi connectivity index (χ2n) is 5.28. The van der Waals surface area contributed by atoms with Crippen LogP contribution in [0, 0.1) is 6.92 Å². The van der Waals surface area contributed by atoms with Gasteiger partial charge in [-0.3, -0.25) is 0 Å². The van der Waals surface area contributed by atoms with Gasteiger partial charge in [-0.05, 0) is 42.8 Å². The summed E-state index contributed by atoms with van der Waals surface area (Å²) in [6.07, 6.45) is 3.75. The highest BCUT2D eigenvalue weighted by molar-refractivity contribution is 6.30. The number of nitrogens with two attached hydrogens (primary N) is 1. The summed E-state index contributed by atoms with van der Waals surface area (Å²) in [5, 5.41) is 0.756. The van der Waals surface area contributed by atoms with Gasteiger partial charge in [-0.1, -0.05) is 29.8 Å². The third-order valence-corrected chi connectivity index (χ3v) is 3.87. The van der Waals surface area contributed by atoms with Crippen molar-refractivity contribution in [3.8, 4) is 0 Å². The number of hydrogen-bond acceptors (Lipinski definition) is 2. The second kappa shape index (κ2) is 5.88. The Kier molecular flexibility index (Phi) is 3.95. The Bertz CT molecular complexity index is 760. The minimum Gasteiger partial charge on any atom is -0.330 e. The average molecular weight is 300 g/mol. The third-order valence-electron chi connectivity index (χ3n) is 3.61. The van der Waals surface area contributed by atoms with Gasteiger partial charge in [0.1, 0.15) is 5.65 Å². The predicted octanol–water partition coefficient (Wildman–Crippen LogP) is 3.39. The lowest BCUT2D eigenvalue weighted by atomic mass is 10.1. The first-order valence-corrected chi connectivity index (χ1v) is 7.46. The Morgan fingerprint density at radius 2 is 1.90 bits per heavy atom. The van der Waals surface area contributed by atoms with Crippen LogP contribution in [0.15, 0.2) is 42.6 Å². The first-order valence-electron chi connectivity index (χ1n) is 7.08. The predicted molar refractivity (Wildman–Crippen MR) is 86.9 cm³/mol. The van der Waals surface area contributed by atoms with Gasteiger partial charge in [0, 0.05) is 29.8 Å². The minimum atomic E-state index is 0.620. The molecule has 108 valence electrons. The maximum absolute atomic E-state index is 5.94. The van der Waals surface area contributed by atoms with Gasteiger partial charge in [-0.15, -0.1) is 0 Å². The molecule has 21 heavy (non-hydrogen) atoms. The molecule has 2 aromatic heterocycles. The van der Waals surface area contributed by atoms with Gasteiger partial charge in [0.05, 0.1) is 5.69 Å². The lowest BCUT2D eigenvalue weighted by Crippen LogP contribution is -2.07. The van der Waals surface area contributed by atoms with Crippen molar-refractivity contribution in [2.75, 3.05) is 6.54 Å². The Balaban J connectivity index is 2.04. The molecule has 0 saturated heterocycles. The first kappa shape index (κ1) is 14.1. The fraction of sp³-hybridized carbons (Fsp3) is 0.235. The molecule has 2 heterocycles. The molecular weight excluding hydrogens is 282 g/mol. The van der Waals surface area contributed by atoms with Crippen LogP contribution in [-0.2, 0) is 12.8 Å². The summed E-state index contributed by atoms with van der Waals surface area (Å²) in [5.74, 6) is 0. The Labute approximate surface area is 129 Å². The SMILES string of the molecule is Cc1ccc2nc(Cc3ccc(Cl)cc3)c(CCN)n2c1. The van der Waals surface area contributed by atoms with E-state index in [2.05, 4.69) is 29.7 Å². The van der Waals surface area contributed by atoms with E-state index in [1.165, 1.54) is 16.8 Å². The van der Waals surface area contributed by atoms with Crippen LogP contribution in [0.25, 0.3) is 5.65 Å². The molecule has 0 atom stereocenters. The van der Waals surface area contributed by atoms with Gasteiger partial charge in [0.15, 0.2) is 0 Å². The molecule has 4 heteroatoms. The van der Waals surface area contributed by atoms with Crippen LogP contribution in [0.4, 0.5) is 0 Å². The third kappa shape index (κ3) is 2.94. The number of halogens is 1. The molecule has 1 aromatic carbocycles. The molecule has 0 aliphatic heterocycles. The quantitative estimate of drug-likeness (QED) is 0.802. The number of rotatable bonds is 4. The van der Waals surface area contributed by atoms with E-state index in [0.29, 0.717) is 6.54 Å². The zero-order valence-electron chi connectivity index (χ0n) is 12.0. The van der Waals surface area contributed by atoms with Crippen molar-refractivity contribution in [1.82, 2.24) is 9.38 Å². The van der Waals surface area contributed by atoms with Crippen molar-refractivity contribution in [2.45, 2.75) is 19.8 Å². The maximum Gasteiger partial charge on any atom is 0.137 e. The molecule has 3 aromatic rings. The van der Waals surface area contributed by atoms with Crippen LogP contribution in [0.3, 0.4) is 0 Å². The molecule has 0 spiro atoms. The Morgan fingerprint density at radius 1 is 1.14 bits per heavy atom. The van der Waals surface area contributed by atoms with Gasteiger partial charge in [0.2, 0.25) is 0 Å². The molecule has 0 unspecified atom stereocenters. The Hall–Kier alpha value is -1.84. The number of pyridine rings is 1. The summed E-state index contributed by atoms with van der Waals surface area (Å²) < 4.78 is 2.16. The van der Waals surface area contributed by atoms with Crippen LogP contribution >= 0.6 is 11.6 Å². The number of aryl methyl sites for hydroxylation is 1. The van der Waals surface area contributed by atoms with Crippen LogP contribution in [-0.4, -0.2) is 15.9 Å². The lowest BCUT2D eigenvalue weighted by Gasteiger charge is -2.05. The van der Waals surface area contributed by atoms with Crippen LogP contribution < -0.4 is 5.73 Å². The van der Waals surface area contributed by atoms with E-state index in [4.69, 9.17) is 22.3 Å². The standard InChI is InChI=1S/C17H18ClN3/c1-12-2-7-17-20-15(16(8-9-19)21(17)11-12)10-13-3-5-14(18)6-4-13/h2-7,11H,8-10,19H2,1H3. The summed E-state index contributed by atoms with van der Waals surface area (Å²) in [6, 6.07) is 12.1. The van der Waals surface area contributed by atoms with Gasteiger partial charge in [-0.25, -0.2) is 4.98 Å². The van der Waals surface area contributed by atoms with E-state index in [9.17, 15) is 0 Å². The van der Waals surface area contributed by atoms with Gasteiger partial charge in [-0.2, -0.15) is 0 Å². The number of benzene rings is 1. The molecule has 0 radical (unpaired) electrons. The smallest absolute Gasteiger partial charge is 0.137 e. The van der Waals surface area contributed by atoms with Gasteiger partial charge >= 0.3 is 0 Å². The van der Waals surface area contributed by atoms with Crippen molar-refractivity contribution < 1.29 is 0 Å². The molecule has 3 nitrogen and oxygen atoms in total. The Morgan fingerprint density at radius 3 is 2.62 bits per heavy atom. The highest BCUT2D eigenvalue weighted by Crippen LogP contribution is 2.19. The molecule has 0 saturated carbocycles. The van der Waals surface area contributed by atoms with E-state index >= 15 is 0 Å². The molecule has 0 fully saturated rings. The minimum absolute atomic E-state index is 0.620. The van der Waals surface area contributed by atoms with Gasteiger partial charge in [0.25, 0.3) is 0 Å². The molecule has 0 bridgehead atoms. The van der Waals surface area contributed by atoms with Crippen molar-refractivity contribution in [3.05, 3.63) is 70.1 Å². The topological polar surface area (TPSA) is 43.3 Å². The van der Waals surface area contributed by atoms with Gasteiger partial charge < -0.3 is 10.1 Å². The van der Waals surface area contributed by atoms with E-state index < -0.39 is 0 Å². The zero-order valence-corrected chi connectivity index (χ0v) is 12.8. The molecule has 0 amide bonds. The fourth-order valence-electron chi connectivity index (χ4n) is 2.59. The summed E-state index contributed by atoms with van der Waals surface area (Å²) in [6.45, 7) is 2.71. The monoisotopic (exact) mass is 299 g/mol. The average Bonchev–Trinajstić information content (AvgIpc) is 2.79. The highest BCUT2D eigenvalue weighted by atomic mass is 35.5. The number of hydrogen-bond donors (Lipinski definition) is 1. The highest BCUT2D eigenvalue weighted by Gasteiger charge is 2.12. The van der Waals surface area contributed by atoms with E-state index in [1.807, 2.05) is 24.3 Å². The van der Waals surface area contributed by atoms with Crippen molar-refractivity contribution >= 4 is 17.2 Å². The van der Waals surface area contributed by atoms with E-state index in [-0.39, 0.29) is 0 Å². The van der Waals surface area contributed by atoms with Crippen LogP contribution in [0.1, 0.15) is 22.5 Å². The summed E-state index contributed by atoms with van der Waals surface area (Å²) in [4.78, 5) is 4.76. The normalized spacial score (nSPS) is 11.2. The summed E-state index contributed by atoms with van der Waals surface area (Å²) in [5.41, 5.74) is 11.5. The molecule has 2 N–H and O–H groups in total. The largest absolute Gasteiger partial charge is 0.330 e. The summed E-state index contributed by atoms with van der Waals surface area (Å²) in [7, 11) is 0. The van der Waals surface area contributed by atoms with E-state index in [0.717, 1.165) is 29.2 Å². The van der Waals surface area contributed by atoms with Crippen molar-refractivity contribution in [1.29, 1.82) is 0 Å². The molecule has 0 aliphatic carbocycles. The molecule has 3 rings (SSSR count). The zero-order chi connectivity index (χ0) is 14.8. The maximum atomic E-state index is 5.94. The number of imidazole rings is 1. The van der Waals surface area contributed by atoms with Crippen LogP contribution in [0.2, 0.25) is 5.02 Å². The molecular formula is C17H18ClN3. The number of fused-ring (bicyclic) bond motifs is 1.